The van der Waals surface area contributed by atoms with E-state index in [-0.39, 0.29) is 0 Å². The molecule has 0 saturated carbocycles. The first-order chi connectivity index (χ1) is 7.77. The molecule has 0 radical (unpaired) electrons. The van der Waals surface area contributed by atoms with E-state index >= 15 is 0 Å². The molecule has 0 unspecified atom stereocenters. The van der Waals surface area contributed by atoms with E-state index in [0.29, 0.717) is 0 Å². The van der Waals surface area contributed by atoms with Gasteiger partial charge in [0.1, 0.15) is 0 Å². The maximum atomic E-state index is 2.44. The highest BCUT2D eigenvalue weighted by Gasteiger charge is 2.32. The lowest BCUT2D eigenvalue weighted by atomic mass is 10.1. The van der Waals surface area contributed by atoms with Gasteiger partial charge in [0.15, 0.2) is 0 Å². The Morgan fingerprint density at radius 3 is 1.69 bits per heavy atom. The molecule has 0 amide bonds. The van der Waals surface area contributed by atoms with E-state index in [0.717, 1.165) is 0 Å². The van der Waals surface area contributed by atoms with Crippen molar-refractivity contribution in [2.24, 2.45) is 0 Å². The summed E-state index contributed by atoms with van der Waals surface area (Å²) in [5, 5.41) is 0. The molecule has 2 aromatic rings. The Kier molecular flexibility index (Phi) is 2.11. The van der Waals surface area contributed by atoms with Crippen LogP contribution >= 0.6 is 10.0 Å². The van der Waals surface area contributed by atoms with Gasteiger partial charge in [0, 0.05) is 9.79 Å². The second-order valence-corrected chi connectivity index (χ2v) is 8.00. The zero-order valence-corrected chi connectivity index (χ0v) is 10.6. The van der Waals surface area contributed by atoms with Crippen molar-refractivity contribution in [2.45, 2.75) is 16.7 Å². The molecule has 16 heavy (non-hydrogen) atoms. The normalized spacial score (nSPS) is 17.6. The van der Waals surface area contributed by atoms with Crippen molar-refractivity contribution in [3.05, 3.63) is 48.5 Å². The fourth-order valence-electron chi connectivity index (χ4n) is 2.59. The minimum absolute atomic E-state index is 0.760. The van der Waals surface area contributed by atoms with Crippen LogP contribution in [0.15, 0.2) is 58.3 Å². The number of rotatable bonds is 1. The van der Waals surface area contributed by atoms with Gasteiger partial charge in [-0.05, 0) is 35.3 Å². The molecule has 3 rings (SSSR count). The smallest absolute Gasteiger partial charge is 0.00177 e. The highest BCUT2D eigenvalue weighted by atomic mass is 32.3. The third-order valence-electron chi connectivity index (χ3n) is 3.61. The van der Waals surface area contributed by atoms with Gasteiger partial charge < -0.3 is 0 Å². The Bertz CT molecular complexity index is 497. The van der Waals surface area contributed by atoms with E-state index in [9.17, 15) is 0 Å². The van der Waals surface area contributed by atoms with Crippen LogP contribution in [-0.4, -0.2) is 12.0 Å². The third-order valence-corrected chi connectivity index (χ3v) is 7.42. The van der Waals surface area contributed by atoms with E-state index in [1.807, 2.05) is 0 Å². The number of hydrogen-bond acceptors (Lipinski definition) is 0. The van der Waals surface area contributed by atoms with Crippen molar-refractivity contribution in [1.29, 1.82) is 0 Å². The van der Waals surface area contributed by atoms with E-state index in [1.165, 1.54) is 16.9 Å². The molecule has 1 aliphatic rings. The SMILES string of the molecule is CCS1(C)c2ccccc2-c2ccccc21. The lowest BCUT2D eigenvalue weighted by Gasteiger charge is -2.32. The van der Waals surface area contributed by atoms with Crippen LogP contribution in [0.5, 0.6) is 0 Å². The first-order valence-electron chi connectivity index (χ1n) is 5.72. The lowest BCUT2D eigenvalue weighted by molar-refractivity contribution is 1.39. The van der Waals surface area contributed by atoms with Crippen LogP contribution < -0.4 is 0 Å². The minimum Gasteiger partial charge on any atom is -0.190 e. The van der Waals surface area contributed by atoms with E-state index in [2.05, 4.69) is 61.7 Å². The topological polar surface area (TPSA) is 0 Å². The molecule has 0 nitrogen and oxygen atoms in total. The molecule has 2 aromatic carbocycles. The maximum absolute atomic E-state index is 2.44. The predicted molar refractivity (Wildman–Crippen MR) is 72.5 cm³/mol. The average molecular weight is 228 g/mol. The molecular weight excluding hydrogens is 212 g/mol. The van der Waals surface area contributed by atoms with Gasteiger partial charge in [0.2, 0.25) is 0 Å². The van der Waals surface area contributed by atoms with Crippen LogP contribution in [0.4, 0.5) is 0 Å². The molecule has 82 valence electrons. The summed E-state index contributed by atoms with van der Waals surface area (Å²) < 4.78 is 0. The monoisotopic (exact) mass is 228 g/mol. The summed E-state index contributed by atoms with van der Waals surface area (Å²) in [4.78, 5) is 3.14. The van der Waals surface area contributed by atoms with Crippen molar-refractivity contribution in [3.63, 3.8) is 0 Å². The fourth-order valence-corrected chi connectivity index (χ4v) is 5.54. The Balaban J connectivity index is 2.39. The molecule has 1 heterocycles. The molecule has 0 atom stereocenters. The summed E-state index contributed by atoms with van der Waals surface area (Å²) >= 11 is 0. The molecule has 0 bridgehead atoms. The molecule has 0 spiro atoms. The van der Waals surface area contributed by atoms with Crippen LogP contribution in [-0.2, 0) is 0 Å². The summed E-state index contributed by atoms with van der Waals surface area (Å²) in [7, 11) is -0.760. The van der Waals surface area contributed by atoms with Crippen LogP contribution in [0, 0.1) is 0 Å². The van der Waals surface area contributed by atoms with Crippen molar-refractivity contribution in [1.82, 2.24) is 0 Å². The van der Waals surface area contributed by atoms with Gasteiger partial charge in [-0.25, -0.2) is 0 Å². The first kappa shape index (κ1) is 9.98. The standard InChI is InChI=1S/C15H16S/c1-3-16(2)14-10-6-4-8-12(14)13-9-5-7-11-15(13)16/h4-11H,3H2,1-2H3. The van der Waals surface area contributed by atoms with Gasteiger partial charge in [-0.15, -0.1) is 0 Å². The van der Waals surface area contributed by atoms with Crippen molar-refractivity contribution >= 4 is 10.0 Å². The first-order valence-corrected chi connectivity index (χ1v) is 7.93. The highest BCUT2D eigenvalue weighted by molar-refractivity contribution is 8.33. The lowest BCUT2D eigenvalue weighted by Crippen LogP contribution is -1.98. The molecule has 1 heteroatoms. The molecular formula is C15H16S. The molecule has 0 N–H and O–H groups in total. The maximum Gasteiger partial charge on any atom is 0.00177 e. The number of hydrogen-bond donors (Lipinski definition) is 0. The van der Waals surface area contributed by atoms with Gasteiger partial charge in [0.25, 0.3) is 0 Å². The summed E-state index contributed by atoms with van der Waals surface area (Å²) in [5.41, 5.74) is 2.91. The molecule has 0 aromatic heterocycles. The van der Waals surface area contributed by atoms with Gasteiger partial charge in [0.05, 0.1) is 0 Å². The second-order valence-electron chi connectivity index (χ2n) is 4.37. The summed E-state index contributed by atoms with van der Waals surface area (Å²) in [6, 6.07) is 17.8. The van der Waals surface area contributed by atoms with Crippen LogP contribution in [0.1, 0.15) is 6.92 Å². The minimum atomic E-state index is -0.760. The van der Waals surface area contributed by atoms with Crippen LogP contribution in [0.3, 0.4) is 0 Å². The zero-order valence-electron chi connectivity index (χ0n) is 9.73. The van der Waals surface area contributed by atoms with Crippen LogP contribution in [0.25, 0.3) is 11.1 Å². The fraction of sp³-hybridized carbons (Fsp3) is 0.200. The van der Waals surface area contributed by atoms with Crippen LogP contribution in [0.2, 0.25) is 0 Å². The Hall–Kier alpha value is -1.21. The Morgan fingerprint density at radius 1 is 0.812 bits per heavy atom. The van der Waals surface area contributed by atoms with E-state index < -0.39 is 10.0 Å². The van der Waals surface area contributed by atoms with Crippen molar-refractivity contribution < 1.29 is 0 Å². The molecule has 0 aliphatic carbocycles. The van der Waals surface area contributed by atoms with Crippen molar-refractivity contribution in [3.8, 4) is 11.1 Å². The second kappa shape index (κ2) is 3.39. The third kappa shape index (κ3) is 1.12. The Labute approximate surface area is 98.6 Å². The van der Waals surface area contributed by atoms with E-state index in [1.54, 1.807) is 9.79 Å². The van der Waals surface area contributed by atoms with Gasteiger partial charge in [-0.1, -0.05) is 43.3 Å². The van der Waals surface area contributed by atoms with Gasteiger partial charge in [-0.3, -0.25) is 0 Å². The highest BCUT2D eigenvalue weighted by Crippen LogP contribution is 2.68. The zero-order chi connectivity index (χ0) is 11.2. The number of benzene rings is 2. The van der Waals surface area contributed by atoms with Crippen molar-refractivity contribution in [2.75, 3.05) is 12.0 Å². The quantitative estimate of drug-likeness (QED) is 0.672. The number of fused-ring (bicyclic) bond motifs is 3. The molecule has 0 fully saturated rings. The average Bonchev–Trinajstić information content (AvgIpc) is 2.62. The summed E-state index contributed by atoms with van der Waals surface area (Å²) in [5.74, 6) is 1.24. The van der Waals surface area contributed by atoms with Gasteiger partial charge >= 0.3 is 0 Å². The predicted octanol–water partition coefficient (Wildman–Crippen LogP) is 4.54. The molecule has 1 aliphatic heterocycles. The summed E-state index contributed by atoms with van der Waals surface area (Å²) in [6.45, 7) is 2.31. The largest absolute Gasteiger partial charge is 0.190 e. The Morgan fingerprint density at radius 2 is 1.25 bits per heavy atom. The summed E-state index contributed by atoms with van der Waals surface area (Å²) in [6.07, 6.45) is 2.44. The molecule has 0 saturated heterocycles. The van der Waals surface area contributed by atoms with E-state index in [4.69, 9.17) is 0 Å². The van der Waals surface area contributed by atoms with Gasteiger partial charge in [-0.2, -0.15) is 10.0 Å².